The van der Waals surface area contributed by atoms with Gasteiger partial charge >= 0.3 is 0 Å². The Hall–Kier alpha value is -5.89. The molecule has 2 nitrogen and oxygen atoms in total. The molecule has 4 aliphatic carbocycles. The van der Waals surface area contributed by atoms with Crippen molar-refractivity contribution < 1.29 is 8.85 Å². The SMILES string of the molecule is CO[Si](C[Si](OC)(c1cccc2c1Cc1ccccc1-2)c1cccc2c1Cc1ccccc1-2)(c1cccc2c1Cc1ccccc1-2)c1cccc2c1Cc1ccccc1-2. The summed E-state index contributed by atoms with van der Waals surface area (Å²) in [6.07, 6.45) is 3.62. The Morgan fingerprint density at radius 1 is 0.305 bits per heavy atom. The van der Waals surface area contributed by atoms with Crippen LogP contribution < -0.4 is 20.7 Å². The molecule has 12 rings (SSSR count). The zero-order valence-corrected chi connectivity index (χ0v) is 35.5. The highest BCUT2D eigenvalue weighted by molar-refractivity contribution is 7.13. The lowest BCUT2D eigenvalue weighted by Crippen LogP contribution is -2.73. The van der Waals surface area contributed by atoms with Gasteiger partial charge in [0, 0.05) is 19.9 Å². The third kappa shape index (κ3) is 4.98. The molecule has 284 valence electrons. The van der Waals surface area contributed by atoms with Crippen molar-refractivity contribution in [3.05, 3.63) is 214 Å². The molecule has 0 unspecified atom stereocenters. The van der Waals surface area contributed by atoms with Gasteiger partial charge in [0.15, 0.2) is 0 Å². The van der Waals surface area contributed by atoms with Gasteiger partial charge in [-0.1, -0.05) is 170 Å². The third-order valence-corrected chi connectivity index (χ3v) is 25.1. The second kappa shape index (κ2) is 13.3. The van der Waals surface area contributed by atoms with Crippen molar-refractivity contribution in [2.45, 2.75) is 31.4 Å². The van der Waals surface area contributed by atoms with Gasteiger partial charge < -0.3 is 8.85 Å². The van der Waals surface area contributed by atoms with E-state index >= 15 is 0 Å². The molecule has 59 heavy (non-hydrogen) atoms. The third-order valence-electron chi connectivity index (χ3n) is 14.3. The summed E-state index contributed by atoms with van der Waals surface area (Å²) < 4.78 is 15.2. The second-order valence-electron chi connectivity index (χ2n) is 16.9. The molecule has 0 bridgehead atoms. The molecule has 8 aromatic rings. The van der Waals surface area contributed by atoms with Gasteiger partial charge in [-0.3, -0.25) is 0 Å². The molecule has 0 aromatic heterocycles. The summed E-state index contributed by atoms with van der Waals surface area (Å²) in [5.41, 5.74) is 22.9. The quantitative estimate of drug-likeness (QED) is 0.143. The number of hydrogen-bond donors (Lipinski definition) is 0. The summed E-state index contributed by atoms with van der Waals surface area (Å²) in [7, 11) is -2.39. The first-order valence-electron chi connectivity index (χ1n) is 21.0. The van der Waals surface area contributed by atoms with Crippen molar-refractivity contribution in [2.24, 2.45) is 0 Å². The van der Waals surface area contributed by atoms with E-state index in [4.69, 9.17) is 8.85 Å². The number of benzene rings is 8. The summed E-state index contributed by atoms with van der Waals surface area (Å²) in [4.78, 5) is 0. The van der Waals surface area contributed by atoms with Gasteiger partial charge in [-0.25, -0.2) is 0 Å². The molecule has 0 saturated heterocycles. The summed E-state index contributed by atoms with van der Waals surface area (Å²) in [6.45, 7) is 0. The van der Waals surface area contributed by atoms with E-state index in [1.165, 1.54) is 110 Å². The van der Waals surface area contributed by atoms with Crippen LogP contribution in [-0.4, -0.2) is 30.9 Å². The van der Waals surface area contributed by atoms with E-state index in [-0.39, 0.29) is 0 Å². The molecule has 0 saturated carbocycles. The predicted octanol–water partition coefficient (Wildman–Crippen LogP) is 9.62. The molecule has 0 heterocycles. The highest BCUT2D eigenvalue weighted by atomic mass is 28.4. The molecular formula is C55H44O2Si2. The first-order chi connectivity index (χ1) is 29.1. The second-order valence-corrected chi connectivity index (χ2v) is 24.6. The molecule has 0 radical (unpaired) electrons. The monoisotopic (exact) mass is 792 g/mol. The van der Waals surface area contributed by atoms with E-state index in [9.17, 15) is 0 Å². The van der Waals surface area contributed by atoms with Gasteiger partial charge in [0.1, 0.15) is 0 Å². The Balaban J connectivity index is 1.17. The van der Waals surface area contributed by atoms with Gasteiger partial charge in [0.2, 0.25) is 0 Å². The Kier molecular flexibility index (Phi) is 7.92. The lowest BCUT2D eigenvalue weighted by Gasteiger charge is -2.42. The van der Waals surface area contributed by atoms with Crippen LogP contribution in [0.1, 0.15) is 44.5 Å². The zero-order valence-electron chi connectivity index (χ0n) is 33.5. The van der Waals surface area contributed by atoms with E-state index in [2.05, 4.69) is 170 Å². The molecule has 0 aliphatic heterocycles. The van der Waals surface area contributed by atoms with Crippen LogP contribution in [0.15, 0.2) is 170 Å². The van der Waals surface area contributed by atoms with Gasteiger partial charge in [-0.2, -0.15) is 0 Å². The van der Waals surface area contributed by atoms with Crippen molar-refractivity contribution >= 4 is 37.4 Å². The first-order valence-corrected chi connectivity index (χ1v) is 25.3. The smallest absolute Gasteiger partial charge is 0.256 e. The maximum absolute atomic E-state index is 7.61. The minimum Gasteiger partial charge on any atom is -0.411 e. The Morgan fingerprint density at radius 3 is 0.797 bits per heavy atom. The van der Waals surface area contributed by atoms with Crippen molar-refractivity contribution in [3.8, 4) is 44.5 Å². The molecule has 0 amide bonds. The topological polar surface area (TPSA) is 18.5 Å². The maximum Gasteiger partial charge on any atom is 0.256 e. The van der Waals surface area contributed by atoms with Crippen LogP contribution in [0.5, 0.6) is 0 Å². The largest absolute Gasteiger partial charge is 0.411 e. The number of rotatable bonds is 8. The van der Waals surface area contributed by atoms with E-state index in [1.54, 1.807) is 0 Å². The van der Waals surface area contributed by atoms with Crippen LogP contribution in [0, 0.1) is 0 Å². The summed E-state index contributed by atoms with van der Waals surface area (Å²) in [5.74, 6) is 0. The summed E-state index contributed by atoms with van der Waals surface area (Å²) >= 11 is 0. The van der Waals surface area contributed by atoms with Gasteiger partial charge in [-0.15, -0.1) is 0 Å². The molecule has 4 aliphatic rings. The summed E-state index contributed by atoms with van der Waals surface area (Å²) in [5, 5.41) is 5.55. The summed E-state index contributed by atoms with van der Waals surface area (Å²) in [6, 6.07) is 64.3. The molecular weight excluding hydrogens is 749 g/mol. The van der Waals surface area contributed by atoms with Crippen LogP contribution in [-0.2, 0) is 34.5 Å². The highest BCUT2D eigenvalue weighted by Gasteiger charge is 2.55. The van der Waals surface area contributed by atoms with Crippen LogP contribution in [0.4, 0.5) is 0 Å². The molecule has 4 heteroatoms. The first kappa shape index (κ1) is 35.1. The fourth-order valence-electron chi connectivity index (χ4n) is 11.7. The van der Waals surface area contributed by atoms with Crippen LogP contribution >= 0.6 is 0 Å². The van der Waals surface area contributed by atoms with Gasteiger partial charge in [-0.05, 0) is 135 Å². The van der Waals surface area contributed by atoms with Crippen LogP contribution in [0.2, 0.25) is 5.67 Å². The van der Waals surface area contributed by atoms with E-state index in [1.807, 2.05) is 14.2 Å². The number of fused-ring (bicyclic) bond motifs is 12. The van der Waals surface area contributed by atoms with Crippen molar-refractivity contribution in [1.29, 1.82) is 0 Å². The van der Waals surface area contributed by atoms with Crippen molar-refractivity contribution in [2.75, 3.05) is 14.2 Å². The highest BCUT2D eigenvalue weighted by Crippen LogP contribution is 2.43. The fourth-order valence-corrected chi connectivity index (χ4v) is 24.5. The zero-order chi connectivity index (χ0) is 39.3. The molecule has 0 spiro atoms. The molecule has 8 aromatic carbocycles. The van der Waals surface area contributed by atoms with Crippen LogP contribution in [0.25, 0.3) is 44.5 Å². The Bertz CT molecular complexity index is 2640. The average Bonchev–Trinajstić information content (AvgIpc) is 4.07. The fraction of sp³-hybridized carbons (Fsp3) is 0.127. The van der Waals surface area contributed by atoms with Crippen molar-refractivity contribution in [1.82, 2.24) is 0 Å². The number of hydrogen-bond acceptors (Lipinski definition) is 2. The lowest BCUT2D eigenvalue weighted by atomic mass is 10.1. The molecule has 0 N–H and O–H groups in total. The van der Waals surface area contributed by atoms with E-state index < -0.39 is 16.6 Å². The minimum atomic E-state index is -3.22. The van der Waals surface area contributed by atoms with Gasteiger partial charge in [0.25, 0.3) is 16.6 Å². The Morgan fingerprint density at radius 2 is 0.542 bits per heavy atom. The molecule has 0 fully saturated rings. The van der Waals surface area contributed by atoms with E-state index in [0.717, 1.165) is 31.4 Å². The average molecular weight is 793 g/mol. The predicted molar refractivity (Wildman–Crippen MR) is 248 cm³/mol. The maximum atomic E-state index is 7.61. The lowest BCUT2D eigenvalue weighted by molar-refractivity contribution is 0.400. The Labute approximate surface area is 349 Å². The van der Waals surface area contributed by atoms with Crippen LogP contribution in [0.3, 0.4) is 0 Å². The molecule has 0 atom stereocenters. The normalized spacial score (nSPS) is 13.9. The van der Waals surface area contributed by atoms with Gasteiger partial charge in [0.05, 0.1) is 0 Å². The standard InChI is InChI=1S/C55H44O2Si2/c1-56-58(52-27-11-23-44-40-19-7-3-15-36(40)31-48(44)52,53-28-12-24-45-41-20-8-4-16-37(41)32-49(45)53)35-59(57-2,54-29-13-25-46-42-21-9-5-17-38(42)33-50(46)54)55-30-14-26-47-43-22-10-6-18-39(43)34-51(47)55/h3-30H,31-35H2,1-2H3. The minimum absolute atomic E-state index is 0.812. The van der Waals surface area contributed by atoms with Crippen molar-refractivity contribution in [3.63, 3.8) is 0 Å². The van der Waals surface area contributed by atoms with E-state index in [0.29, 0.717) is 0 Å².